The molecule has 9 heteroatoms. The number of sulfonamides is 1. The molecule has 1 N–H and O–H groups in total. The Kier molecular flexibility index (Phi) is 7.55. The average molecular weight is 471 g/mol. The summed E-state index contributed by atoms with van der Waals surface area (Å²) < 4.78 is 38.1. The van der Waals surface area contributed by atoms with Crippen molar-refractivity contribution in [2.45, 2.75) is 25.2 Å². The van der Waals surface area contributed by atoms with Gasteiger partial charge in [-0.25, -0.2) is 18.0 Å². The summed E-state index contributed by atoms with van der Waals surface area (Å²) in [6.07, 6.45) is 2.52. The first-order valence-corrected chi connectivity index (χ1v) is 11.8. The molecule has 0 saturated carbocycles. The number of nitrogens with zero attached hydrogens (tertiary/aromatic N) is 1. The molecular weight excluding hydrogens is 444 g/mol. The van der Waals surface area contributed by atoms with Crippen molar-refractivity contribution in [3.63, 3.8) is 0 Å². The molecule has 1 aliphatic heterocycles. The van der Waals surface area contributed by atoms with Crippen LogP contribution >= 0.6 is 0 Å². The second-order valence-corrected chi connectivity index (χ2v) is 9.12. The molecule has 2 aromatic carbocycles. The second kappa shape index (κ2) is 10.4. The number of methoxy groups -OCH3 is 1. The third-order valence-electron chi connectivity index (χ3n) is 5.06. The SMILES string of the molecule is CCOC(=O)Nc1ccccc1C1=C(/C=C/C(=O)OC)CCN1S(=O)(=O)c1ccc(C)cc1. The van der Waals surface area contributed by atoms with Gasteiger partial charge in [0.25, 0.3) is 10.0 Å². The minimum Gasteiger partial charge on any atom is -0.466 e. The maximum absolute atomic E-state index is 13.6. The van der Waals surface area contributed by atoms with Gasteiger partial charge >= 0.3 is 12.1 Å². The van der Waals surface area contributed by atoms with E-state index < -0.39 is 22.1 Å². The molecule has 1 heterocycles. The van der Waals surface area contributed by atoms with Crippen molar-refractivity contribution in [3.05, 3.63) is 77.4 Å². The maximum Gasteiger partial charge on any atom is 0.411 e. The number of rotatable bonds is 7. The van der Waals surface area contributed by atoms with E-state index in [0.717, 1.165) is 5.56 Å². The maximum atomic E-state index is 13.6. The van der Waals surface area contributed by atoms with Crippen LogP contribution in [0.5, 0.6) is 0 Å². The van der Waals surface area contributed by atoms with Crippen LogP contribution in [0.3, 0.4) is 0 Å². The number of aryl methyl sites for hydroxylation is 1. The Morgan fingerprint density at radius 1 is 1.12 bits per heavy atom. The standard InChI is InChI=1S/C24H26N2O6S/c1-4-32-24(28)25-21-8-6-5-7-20(21)23-18(11-14-22(27)31-3)15-16-26(23)33(29,30)19-12-9-17(2)10-13-19/h5-14H,4,15-16H2,1-3H3,(H,25,28)/b14-11+. The molecule has 0 aliphatic carbocycles. The summed E-state index contributed by atoms with van der Waals surface area (Å²) in [7, 11) is -2.64. The van der Waals surface area contributed by atoms with Crippen molar-refractivity contribution in [2.75, 3.05) is 25.6 Å². The van der Waals surface area contributed by atoms with E-state index in [-0.39, 0.29) is 18.0 Å². The van der Waals surface area contributed by atoms with Crippen molar-refractivity contribution < 1.29 is 27.5 Å². The molecule has 1 amide bonds. The van der Waals surface area contributed by atoms with Crippen LogP contribution in [0, 0.1) is 6.92 Å². The van der Waals surface area contributed by atoms with Crippen LogP contribution in [0.1, 0.15) is 24.5 Å². The number of nitrogens with one attached hydrogen (secondary N) is 1. The number of ether oxygens (including phenoxy) is 2. The Bertz CT molecular complexity index is 1200. The Labute approximate surface area is 193 Å². The van der Waals surface area contributed by atoms with Crippen LogP contribution < -0.4 is 5.32 Å². The van der Waals surface area contributed by atoms with Gasteiger partial charge in [-0.1, -0.05) is 35.9 Å². The van der Waals surface area contributed by atoms with Crippen molar-refractivity contribution in [1.82, 2.24) is 4.31 Å². The molecule has 174 valence electrons. The van der Waals surface area contributed by atoms with Crippen LogP contribution in [0.15, 0.2) is 71.2 Å². The Morgan fingerprint density at radius 2 is 1.82 bits per heavy atom. The molecule has 0 fully saturated rings. The minimum atomic E-state index is -3.90. The van der Waals surface area contributed by atoms with Crippen molar-refractivity contribution in [3.8, 4) is 0 Å². The quantitative estimate of drug-likeness (QED) is 0.483. The fourth-order valence-corrected chi connectivity index (χ4v) is 4.99. The fraction of sp³-hybridized carbons (Fsp3) is 0.250. The van der Waals surface area contributed by atoms with E-state index in [4.69, 9.17) is 4.74 Å². The highest BCUT2D eigenvalue weighted by Crippen LogP contribution is 2.39. The van der Waals surface area contributed by atoms with Gasteiger partial charge in [0.05, 0.1) is 30.0 Å². The predicted octanol–water partition coefficient (Wildman–Crippen LogP) is 4.10. The average Bonchev–Trinajstić information content (AvgIpc) is 3.23. The van der Waals surface area contributed by atoms with Gasteiger partial charge in [-0.15, -0.1) is 0 Å². The number of carbonyl (C=O) groups is 2. The zero-order valence-corrected chi connectivity index (χ0v) is 19.5. The number of allylic oxidation sites excluding steroid dienone is 1. The molecule has 0 spiro atoms. The lowest BCUT2D eigenvalue weighted by Crippen LogP contribution is -2.28. The van der Waals surface area contributed by atoms with Gasteiger partial charge in [0.2, 0.25) is 0 Å². The first-order valence-electron chi connectivity index (χ1n) is 10.4. The molecular formula is C24H26N2O6S. The van der Waals surface area contributed by atoms with Crippen molar-refractivity contribution >= 4 is 33.5 Å². The highest BCUT2D eigenvalue weighted by molar-refractivity contribution is 7.89. The zero-order chi connectivity index (χ0) is 24.0. The molecule has 0 saturated heterocycles. The van der Waals surface area contributed by atoms with E-state index in [1.807, 2.05) is 6.92 Å². The topological polar surface area (TPSA) is 102 Å². The molecule has 0 atom stereocenters. The Morgan fingerprint density at radius 3 is 2.48 bits per heavy atom. The van der Waals surface area contributed by atoms with Gasteiger partial charge in [-0.2, -0.15) is 0 Å². The van der Waals surface area contributed by atoms with E-state index in [1.54, 1.807) is 61.5 Å². The number of carbonyl (C=O) groups excluding carboxylic acids is 2. The van der Waals surface area contributed by atoms with Gasteiger partial charge in [-0.3, -0.25) is 9.62 Å². The summed E-state index contributed by atoms with van der Waals surface area (Å²) in [5, 5.41) is 2.67. The van der Waals surface area contributed by atoms with Gasteiger partial charge < -0.3 is 9.47 Å². The second-order valence-electron chi connectivity index (χ2n) is 7.26. The lowest BCUT2D eigenvalue weighted by atomic mass is 10.0. The van der Waals surface area contributed by atoms with Gasteiger partial charge in [0.15, 0.2) is 0 Å². The first kappa shape index (κ1) is 24.1. The van der Waals surface area contributed by atoms with Crippen molar-refractivity contribution in [1.29, 1.82) is 0 Å². The molecule has 8 nitrogen and oxygen atoms in total. The highest BCUT2D eigenvalue weighted by atomic mass is 32.2. The summed E-state index contributed by atoms with van der Waals surface area (Å²) >= 11 is 0. The number of benzene rings is 2. The van der Waals surface area contributed by atoms with Crippen molar-refractivity contribution in [2.24, 2.45) is 0 Å². The predicted molar refractivity (Wildman–Crippen MR) is 125 cm³/mol. The summed E-state index contributed by atoms with van der Waals surface area (Å²) in [6, 6.07) is 13.4. The van der Waals surface area contributed by atoms with E-state index in [2.05, 4.69) is 10.1 Å². The molecule has 0 radical (unpaired) electrons. The van der Waals surface area contributed by atoms with Crippen LogP contribution in [0.2, 0.25) is 0 Å². The summed E-state index contributed by atoms with van der Waals surface area (Å²) in [5.41, 5.74) is 2.82. The molecule has 2 aromatic rings. The smallest absolute Gasteiger partial charge is 0.411 e. The van der Waals surface area contributed by atoms with Crippen LogP contribution in [0.4, 0.5) is 10.5 Å². The number of para-hydroxylation sites is 1. The van der Waals surface area contributed by atoms with E-state index in [9.17, 15) is 18.0 Å². The lowest BCUT2D eigenvalue weighted by Gasteiger charge is -2.24. The van der Waals surface area contributed by atoms with Gasteiger partial charge in [-0.05, 0) is 50.1 Å². The van der Waals surface area contributed by atoms with Crippen LogP contribution in [0.25, 0.3) is 5.70 Å². The zero-order valence-electron chi connectivity index (χ0n) is 18.7. The first-order chi connectivity index (χ1) is 15.8. The Balaban J connectivity index is 2.14. The van der Waals surface area contributed by atoms with Gasteiger partial charge in [0, 0.05) is 18.2 Å². The largest absolute Gasteiger partial charge is 0.466 e. The summed E-state index contributed by atoms with van der Waals surface area (Å²) in [4.78, 5) is 23.9. The molecule has 3 rings (SSSR count). The number of anilines is 1. The number of esters is 1. The third-order valence-corrected chi connectivity index (χ3v) is 6.88. The lowest BCUT2D eigenvalue weighted by molar-refractivity contribution is -0.134. The molecule has 0 bridgehead atoms. The van der Waals surface area contributed by atoms with Crippen LogP contribution in [-0.4, -0.2) is 45.0 Å². The van der Waals surface area contributed by atoms with Gasteiger partial charge in [0.1, 0.15) is 0 Å². The third kappa shape index (κ3) is 5.43. The normalized spacial score (nSPS) is 14.0. The molecule has 33 heavy (non-hydrogen) atoms. The summed E-state index contributed by atoms with van der Waals surface area (Å²) in [6.45, 7) is 3.94. The van der Waals surface area contributed by atoms with E-state index in [0.29, 0.717) is 28.9 Å². The minimum absolute atomic E-state index is 0.152. The number of hydrogen-bond donors (Lipinski definition) is 1. The highest BCUT2D eigenvalue weighted by Gasteiger charge is 2.34. The molecule has 0 aromatic heterocycles. The number of amides is 1. The van der Waals surface area contributed by atoms with E-state index >= 15 is 0 Å². The molecule has 0 unspecified atom stereocenters. The van der Waals surface area contributed by atoms with E-state index in [1.165, 1.54) is 17.5 Å². The number of hydrogen-bond acceptors (Lipinski definition) is 6. The fourth-order valence-electron chi connectivity index (χ4n) is 3.47. The Hall–Kier alpha value is -3.59. The molecule has 1 aliphatic rings. The van der Waals surface area contributed by atoms with Crippen LogP contribution in [-0.2, 0) is 24.3 Å². The monoisotopic (exact) mass is 470 g/mol. The summed E-state index contributed by atoms with van der Waals surface area (Å²) in [5.74, 6) is -0.556.